The van der Waals surface area contributed by atoms with Crippen molar-refractivity contribution < 1.29 is 0 Å². The molecule has 0 amide bonds. The Morgan fingerprint density at radius 2 is 1.40 bits per heavy atom. The van der Waals surface area contributed by atoms with Crippen molar-refractivity contribution in [2.45, 2.75) is 46.7 Å². The Morgan fingerprint density at radius 3 is 1.40 bits per heavy atom. The first kappa shape index (κ1) is 17.3. The molecule has 0 unspecified atom stereocenters. The number of rotatable bonds is 5. The molecule has 3 heteroatoms. The van der Waals surface area contributed by atoms with Gasteiger partial charge in [0.15, 0.2) is 0 Å². The summed E-state index contributed by atoms with van der Waals surface area (Å²) in [5, 5.41) is 0. The van der Waals surface area contributed by atoms with Crippen LogP contribution >= 0.6 is 0 Å². The van der Waals surface area contributed by atoms with E-state index in [1.165, 1.54) is 0 Å². The van der Waals surface area contributed by atoms with Crippen LogP contribution in [-0.4, -0.2) is 55.6 Å². The van der Waals surface area contributed by atoms with Gasteiger partial charge >= 0.3 is 0 Å². The number of nitrogens with zero attached hydrogens (tertiary/aromatic N) is 2. The van der Waals surface area contributed by atoms with Gasteiger partial charge in [0.1, 0.15) is 0 Å². The lowest BCUT2D eigenvalue weighted by molar-refractivity contribution is 0.185. The highest BCUT2D eigenvalue weighted by Gasteiger charge is 2.08. The van der Waals surface area contributed by atoms with Gasteiger partial charge in [0.05, 0.1) is 0 Å². The topological polar surface area (TPSA) is 32.5 Å². The Labute approximate surface area is 96.6 Å². The van der Waals surface area contributed by atoms with Gasteiger partial charge in [-0.05, 0) is 48.3 Å². The average molecular weight is 217 g/mol. The molecule has 0 aliphatic rings. The smallest absolute Gasteiger partial charge is 0.00985 e. The minimum absolute atomic E-state index is 0.690. The van der Waals surface area contributed by atoms with Gasteiger partial charge in [0.25, 0.3) is 0 Å². The fourth-order valence-corrected chi connectivity index (χ4v) is 1.58. The molecule has 94 valence electrons. The third-order valence-corrected chi connectivity index (χ3v) is 2.27. The quantitative estimate of drug-likeness (QED) is 0.760. The lowest BCUT2D eigenvalue weighted by Crippen LogP contribution is -2.36. The summed E-state index contributed by atoms with van der Waals surface area (Å²) in [7, 11) is 4.01. The Kier molecular flexibility index (Phi) is 12.0. The second kappa shape index (κ2) is 10.4. The minimum atomic E-state index is 0.690. The van der Waals surface area contributed by atoms with Crippen molar-refractivity contribution in [1.29, 1.82) is 0 Å². The predicted molar refractivity (Wildman–Crippen MR) is 70.3 cm³/mol. The lowest BCUT2D eigenvalue weighted by Gasteiger charge is -2.28. The van der Waals surface area contributed by atoms with E-state index in [0.29, 0.717) is 12.1 Å². The molecule has 0 spiro atoms. The molecule has 0 atom stereocenters. The monoisotopic (exact) mass is 217 g/mol. The predicted octanol–water partition coefficient (Wildman–Crippen LogP) is 1.63. The van der Waals surface area contributed by atoms with Crippen molar-refractivity contribution in [3.05, 3.63) is 0 Å². The van der Waals surface area contributed by atoms with Crippen molar-refractivity contribution in [1.82, 2.24) is 9.80 Å². The molecule has 15 heavy (non-hydrogen) atoms. The second-order valence-electron chi connectivity index (χ2n) is 4.61. The van der Waals surface area contributed by atoms with Crippen LogP contribution in [0.2, 0.25) is 0 Å². The molecule has 0 fully saturated rings. The van der Waals surface area contributed by atoms with Crippen LogP contribution in [0.4, 0.5) is 0 Å². The second-order valence-corrected chi connectivity index (χ2v) is 4.61. The van der Waals surface area contributed by atoms with Gasteiger partial charge in [0.2, 0.25) is 0 Å². The Bertz CT molecular complexity index is 114. The first-order valence-electron chi connectivity index (χ1n) is 5.97. The van der Waals surface area contributed by atoms with E-state index in [-0.39, 0.29) is 0 Å². The van der Waals surface area contributed by atoms with E-state index < -0.39 is 0 Å². The molecular weight excluding hydrogens is 186 g/mol. The van der Waals surface area contributed by atoms with Crippen LogP contribution in [0.25, 0.3) is 0 Å². The fraction of sp³-hybridized carbons (Fsp3) is 1.00. The van der Waals surface area contributed by atoms with Gasteiger partial charge in [-0.15, -0.1) is 0 Å². The SMILES string of the molecule is CCN(C(C)C)C(C)C.CN(C)CCN. The van der Waals surface area contributed by atoms with Crippen LogP contribution in [0.1, 0.15) is 34.6 Å². The maximum absolute atomic E-state index is 5.19. The van der Waals surface area contributed by atoms with Gasteiger partial charge in [-0.2, -0.15) is 0 Å². The average Bonchev–Trinajstić information content (AvgIpc) is 2.03. The first-order chi connectivity index (χ1) is 6.86. The van der Waals surface area contributed by atoms with E-state index in [0.717, 1.165) is 19.6 Å². The molecule has 0 saturated carbocycles. The van der Waals surface area contributed by atoms with Gasteiger partial charge in [-0.1, -0.05) is 6.92 Å². The van der Waals surface area contributed by atoms with Crippen LogP contribution in [0.3, 0.4) is 0 Å². The molecule has 3 nitrogen and oxygen atoms in total. The maximum Gasteiger partial charge on any atom is 0.00985 e. The number of nitrogens with two attached hydrogens (primary N) is 1. The summed E-state index contributed by atoms with van der Waals surface area (Å²) in [5.74, 6) is 0. The summed E-state index contributed by atoms with van der Waals surface area (Å²) < 4.78 is 0. The summed E-state index contributed by atoms with van der Waals surface area (Å²) in [6, 6.07) is 1.38. The fourth-order valence-electron chi connectivity index (χ4n) is 1.58. The molecule has 0 radical (unpaired) electrons. The number of likely N-dealkylation sites (N-methyl/N-ethyl adjacent to an activating group) is 1. The van der Waals surface area contributed by atoms with E-state index in [4.69, 9.17) is 5.73 Å². The van der Waals surface area contributed by atoms with E-state index in [1.54, 1.807) is 0 Å². The minimum Gasteiger partial charge on any atom is -0.329 e. The molecule has 0 aliphatic carbocycles. The summed E-state index contributed by atoms with van der Waals surface area (Å²) in [4.78, 5) is 4.51. The first-order valence-corrected chi connectivity index (χ1v) is 5.97. The molecule has 0 rings (SSSR count). The van der Waals surface area contributed by atoms with Crippen LogP contribution in [0.5, 0.6) is 0 Å². The molecule has 0 aromatic heterocycles. The lowest BCUT2D eigenvalue weighted by atomic mass is 10.2. The molecule has 0 heterocycles. The third kappa shape index (κ3) is 11.8. The van der Waals surface area contributed by atoms with Gasteiger partial charge in [-0.3, -0.25) is 4.90 Å². The largest absolute Gasteiger partial charge is 0.329 e. The van der Waals surface area contributed by atoms with E-state index in [9.17, 15) is 0 Å². The van der Waals surface area contributed by atoms with E-state index >= 15 is 0 Å². The van der Waals surface area contributed by atoms with Crippen molar-refractivity contribution in [2.24, 2.45) is 5.73 Å². The molecule has 0 aromatic rings. The molecular formula is C12H31N3. The zero-order chi connectivity index (χ0) is 12.4. The Hall–Kier alpha value is -0.120. The number of hydrogen-bond donors (Lipinski definition) is 1. The zero-order valence-electron chi connectivity index (χ0n) is 11.7. The van der Waals surface area contributed by atoms with Gasteiger partial charge in [0, 0.05) is 25.2 Å². The standard InChI is InChI=1S/C8H19N.C4H12N2/c1-6-9(7(2)3)8(4)5;1-6(2)4-3-5/h7-8H,6H2,1-5H3;3-5H2,1-2H3. The number of hydrogen-bond acceptors (Lipinski definition) is 3. The molecule has 0 aromatic carbocycles. The van der Waals surface area contributed by atoms with Crippen molar-refractivity contribution in [3.63, 3.8) is 0 Å². The Balaban J connectivity index is 0. The van der Waals surface area contributed by atoms with Crippen LogP contribution in [-0.2, 0) is 0 Å². The summed E-state index contributed by atoms with van der Waals surface area (Å²) in [5.41, 5.74) is 5.19. The van der Waals surface area contributed by atoms with Crippen LogP contribution in [0, 0.1) is 0 Å². The van der Waals surface area contributed by atoms with Crippen molar-refractivity contribution in [2.75, 3.05) is 33.7 Å². The van der Waals surface area contributed by atoms with Crippen LogP contribution < -0.4 is 5.73 Å². The molecule has 0 bridgehead atoms. The third-order valence-electron chi connectivity index (χ3n) is 2.27. The summed E-state index contributed by atoms with van der Waals surface area (Å²) >= 11 is 0. The van der Waals surface area contributed by atoms with Crippen LogP contribution in [0.15, 0.2) is 0 Å². The highest BCUT2D eigenvalue weighted by molar-refractivity contribution is 4.64. The summed E-state index contributed by atoms with van der Waals surface area (Å²) in [6.45, 7) is 14.1. The maximum atomic E-state index is 5.19. The van der Waals surface area contributed by atoms with Crippen molar-refractivity contribution in [3.8, 4) is 0 Å². The molecule has 0 aliphatic heterocycles. The Morgan fingerprint density at radius 1 is 1.00 bits per heavy atom. The van der Waals surface area contributed by atoms with Gasteiger partial charge < -0.3 is 10.6 Å². The molecule has 0 saturated heterocycles. The van der Waals surface area contributed by atoms with E-state index in [1.807, 2.05) is 14.1 Å². The summed E-state index contributed by atoms with van der Waals surface area (Å²) in [6.07, 6.45) is 0. The zero-order valence-corrected chi connectivity index (χ0v) is 11.7. The highest BCUT2D eigenvalue weighted by atomic mass is 15.2. The van der Waals surface area contributed by atoms with E-state index in [2.05, 4.69) is 44.4 Å². The highest BCUT2D eigenvalue weighted by Crippen LogP contribution is 2.02. The molecule has 2 N–H and O–H groups in total. The van der Waals surface area contributed by atoms with Gasteiger partial charge in [-0.25, -0.2) is 0 Å². The van der Waals surface area contributed by atoms with Crippen molar-refractivity contribution >= 4 is 0 Å². The normalized spacial score (nSPS) is 11.2.